The van der Waals surface area contributed by atoms with Crippen LogP contribution in [0, 0.1) is 6.92 Å². The Bertz CT molecular complexity index is 396. The topological polar surface area (TPSA) is 46.9 Å². The van der Waals surface area contributed by atoms with Crippen molar-refractivity contribution in [3.8, 4) is 0 Å². The number of nitrogens with one attached hydrogen (secondary N) is 1. The van der Waals surface area contributed by atoms with Crippen LogP contribution >= 0.6 is 11.8 Å². The maximum Gasteiger partial charge on any atom is 0.269 e. The fourth-order valence-corrected chi connectivity index (χ4v) is 3.18. The quantitative estimate of drug-likeness (QED) is 0.894. The molecule has 1 amide bonds. The van der Waals surface area contributed by atoms with Crippen molar-refractivity contribution in [3.63, 3.8) is 0 Å². The number of hydrogen-bond donors (Lipinski definition) is 1. The second-order valence-corrected chi connectivity index (χ2v) is 5.57. The molecule has 0 saturated carbocycles. The molecule has 1 fully saturated rings. The summed E-state index contributed by atoms with van der Waals surface area (Å²) in [5.74, 6) is 2.32. The summed E-state index contributed by atoms with van der Waals surface area (Å²) in [7, 11) is 0. The van der Waals surface area contributed by atoms with Gasteiger partial charge >= 0.3 is 0 Å². The first-order chi connectivity index (χ1) is 8.20. The second-order valence-electron chi connectivity index (χ2n) is 4.35. The number of carbonyl (C=O) groups is 1. The van der Waals surface area contributed by atoms with Crippen molar-refractivity contribution in [1.82, 2.24) is 15.1 Å². The fraction of sp³-hybridized carbons (Fsp3) is 0.667. The maximum atomic E-state index is 12.1. The van der Waals surface area contributed by atoms with Crippen LogP contribution in [0.15, 0.2) is 6.07 Å². The lowest BCUT2D eigenvalue weighted by atomic mass is 10.1. The van der Waals surface area contributed by atoms with Crippen molar-refractivity contribution in [2.24, 2.45) is 0 Å². The molecule has 0 aromatic carbocycles. The predicted molar refractivity (Wildman–Crippen MR) is 70.5 cm³/mol. The van der Waals surface area contributed by atoms with Crippen LogP contribution in [0.5, 0.6) is 0 Å². The molecule has 0 unspecified atom stereocenters. The molecule has 4 nitrogen and oxygen atoms in total. The first-order valence-electron chi connectivity index (χ1n) is 6.13. The summed E-state index contributed by atoms with van der Waals surface area (Å²) in [6, 6.07) is 2.19. The van der Waals surface area contributed by atoms with E-state index in [-0.39, 0.29) is 5.91 Å². The molecule has 0 spiro atoms. The highest BCUT2D eigenvalue weighted by Crippen LogP contribution is 2.17. The van der Waals surface area contributed by atoms with Crippen molar-refractivity contribution in [1.29, 1.82) is 0 Å². The van der Waals surface area contributed by atoms with Crippen LogP contribution in [-0.4, -0.2) is 33.2 Å². The summed E-state index contributed by atoms with van der Waals surface area (Å²) in [5.41, 5.74) is 1.58. The molecule has 5 heteroatoms. The van der Waals surface area contributed by atoms with Crippen LogP contribution in [0.4, 0.5) is 0 Å². The number of nitrogens with zero attached hydrogens (tertiary/aromatic N) is 2. The van der Waals surface area contributed by atoms with Gasteiger partial charge in [0, 0.05) is 12.6 Å². The Morgan fingerprint density at radius 1 is 1.59 bits per heavy atom. The van der Waals surface area contributed by atoms with Gasteiger partial charge in [-0.05, 0) is 44.3 Å². The largest absolute Gasteiger partial charge is 0.348 e. The summed E-state index contributed by atoms with van der Waals surface area (Å²) in [6.07, 6.45) is 2.16. The highest BCUT2D eigenvalue weighted by molar-refractivity contribution is 7.99. The van der Waals surface area contributed by atoms with Gasteiger partial charge in [-0.25, -0.2) is 0 Å². The molecule has 1 saturated heterocycles. The van der Waals surface area contributed by atoms with Crippen molar-refractivity contribution in [2.75, 3.05) is 11.5 Å². The molecule has 0 bridgehead atoms. The van der Waals surface area contributed by atoms with E-state index in [0.29, 0.717) is 11.7 Å². The molecule has 0 aliphatic carbocycles. The van der Waals surface area contributed by atoms with E-state index >= 15 is 0 Å². The Morgan fingerprint density at radius 3 is 2.94 bits per heavy atom. The number of aryl methyl sites for hydroxylation is 2. The van der Waals surface area contributed by atoms with Crippen molar-refractivity contribution >= 4 is 17.7 Å². The minimum Gasteiger partial charge on any atom is -0.348 e. The lowest BCUT2D eigenvalue weighted by Crippen LogP contribution is -2.38. The number of hydrogen-bond acceptors (Lipinski definition) is 3. The van der Waals surface area contributed by atoms with Gasteiger partial charge in [0.2, 0.25) is 0 Å². The molecular weight excluding hydrogens is 234 g/mol. The lowest BCUT2D eigenvalue weighted by Gasteiger charge is -2.22. The minimum atomic E-state index is 0.0179. The lowest BCUT2D eigenvalue weighted by molar-refractivity contribution is 0.0924. The monoisotopic (exact) mass is 253 g/mol. The Labute approximate surface area is 106 Å². The summed E-state index contributed by atoms with van der Waals surface area (Å²) < 4.78 is 1.77. The first kappa shape index (κ1) is 12.5. The normalized spacial score (nSPS) is 17.1. The molecule has 94 valence electrons. The number of rotatable bonds is 3. The van der Waals surface area contributed by atoms with Gasteiger partial charge in [0.1, 0.15) is 5.69 Å². The Morgan fingerprint density at radius 2 is 2.29 bits per heavy atom. The number of amides is 1. The van der Waals surface area contributed by atoms with E-state index in [9.17, 15) is 4.79 Å². The van der Waals surface area contributed by atoms with Gasteiger partial charge in [-0.15, -0.1) is 0 Å². The summed E-state index contributed by atoms with van der Waals surface area (Å²) in [5, 5.41) is 7.41. The standard InChI is InChI=1S/C12H19N3OS/c1-3-15-11(8-9(2)14-15)12(16)13-10-4-6-17-7-5-10/h8,10H,3-7H2,1-2H3,(H,13,16). The van der Waals surface area contributed by atoms with Gasteiger partial charge in [0.05, 0.1) is 5.69 Å². The van der Waals surface area contributed by atoms with Crippen LogP contribution in [0.3, 0.4) is 0 Å². The summed E-state index contributed by atoms with van der Waals surface area (Å²) in [6.45, 7) is 4.65. The molecule has 1 aromatic rings. The molecule has 2 rings (SSSR count). The Kier molecular flexibility index (Phi) is 4.10. The number of thioether (sulfide) groups is 1. The van der Waals surface area contributed by atoms with Crippen LogP contribution < -0.4 is 5.32 Å². The average molecular weight is 253 g/mol. The highest BCUT2D eigenvalue weighted by atomic mass is 32.2. The molecule has 1 N–H and O–H groups in total. The van der Waals surface area contributed by atoms with Gasteiger partial charge in [0.15, 0.2) is 0 Å². The molecular formula is C12H19N3OS. The second kappa shape index (κ2) is 5.58. The van der Waals surface area contributed by atoms with Crippen LogP contribution in [0.2, 0.25) is 0 Å². The van der Waals surface area contributed by atoms with E-state index in [0.717, 1.165) is 36.6 Å². The number of aromatic nitrogens is 2. The van der Waals surface area contributed by atoms with Crippen LogP contribution in [0.25, 0.3) is 0 Å². The molecule has 0 radical (unpaired) electrons. The van der Waals surface area contributed by atoms with Crippen LogP contribution in [-0.2, 0) is 6.54 Å². The third-order valence-electron chi connectivity index (χ3n) is 2.99. The van der Waals surface area contributed by atoms with E-state index in [1.54, 1.807) is 4.68 Å². The van der Waals surface area contributed by atoms with E-state index in [2.05, 4.69) is 10.4 Å². The predicted octanol–water partition coefficient (Wildman–Crippen LogP) is 1.84. The zero-order valence-electron chi connectivity index (χ0n) is 10.4. The van der Waals surface area contributed by atoms with Gasteiger partial charge in [-0.2, -0.15) is 16.9 Å². The third kappa shape index (κ3) is 3.03. The fourth-order valence-electron chi connectivity index (χ4n) is 2.07. The SMILES string of the molecule is CCn1nc(C)cc1C(=O)NC1CCSCC1. The molecule has 1 aliphatic heterocycles. The summed E-state index contributed by atoms with van der Waals surface area (Å²) in [4.78, 5) is 12.1. The third-order valence-corrected chi connectivity index (χ3v) is 4.04. The van der Waals surface area contributed by atoms with Gasteiger partial charge in [-0.1, -0.05) is 0 Å². The highest BCUT2D eigenvalue weighted by Gasteiger charge is 2.19. The van der Waals surface area contributed by atoms with E-state index in [1.807, 2.05) is 31.7 Å². The molecule has 1 aliphatic rings. The average Bonchev–Trinajstić information content (AvgIpc) is 2.72. The zero-order chi connectivity index (χ0) is 12.3. The molecule has 0 atom stereocenters. The molecule has 17 heavy (non-hydrogen) atoms. The van der Waals surface area contributed by atoms with Gasteiger partial charge in [0.25, 0.3) is 5.91 Å². The molecule has 2 heterocycles. The first-order valence-corrected chi connectivity index (χ1v) is 7.29. The van der Waals surface area contributed by atoms with Crippen molar-refractivity contribution in [3.05, 3.63) is 17.5 Å². The van der Waals surface area contributed by atoms with E-state index < -0.39 is 0 Å². The molecule has 1 aromatic heterocycles. The summed E-state index contributed by atoms with van der Waals surface area (Å²) >= 11 is 1.96. The Balaban J connectivity index is 2.02. The smallest absolute Gasteiger partial charge is 0.269 e. The van der Waals surface area contributed by atoms with Crippen molar-refractivity contribution in [2.45, 2.75) is 39.3 Å². The Hall–Kier alpha value is -0.970. The van der Waals surface area contributed by atoms with E-state index in [4.69, 9.17) is 0 Å². The van der Waals surface area contributed by atoms with E-state index in [1.165, 1.54) is 0 Å². The van der Waals surface area contributed by atoms with Gasteiger partial charge in [-0.3, -0.25) is 9.48 Å². The van der Waals surface area contributed by atoms with Crippen LogP contribution in [0.1, 0.15) is 35.9 Å². The van der Waals surface area contributed by atoms with Crippen molar-refractivity contribution < 1.29 is 4.79 Å². The minimum absolute atomic E-state index is 0.0179. The van der Waals surface area contributed by atoms with Gasteiger partial charge < -0.3 is 5.32 Å². The zero-order valence-corrected chi connectivity index (χ0v) is 11.2. The number of carbonyl (C=O) groups excluding carboxylic acids is 1. The maximum absolute atomic E-state index is 12.1.